The highest BCUT2D eigenvalue weighted by Crippen LogP contribution is 2.21. The Hall–Kier alpha value is -1.68. The van der Waals surface area contributed by atoms with Crippen LogP contribution in [0.5, 0.6) is 0 Å². The standard InChI is InChI=1S/C14H20N4/c1-14(2,12-7-5-4-6-8-12)10-15-9-13-16-11-17-18(13)3/h4-8,11,15H,9-10H2,1-3H3. The highest BCUT2D eigenvalue weighted by molar-refractivity contribution is 5.23. The zero-order valence-electron chi connectivity index (χ0n) is 11.2. The number of aromatic nitrogens is 3. The fourth-order valence-electron chi connectivity index (χ4n) is 1.96. The molecule has 0 saturated heterocycles. The van der Waals surface area contributed by atoms with E-state index in [4.69, 9.17) is 0 Å². The van der Waals surface area contributed by atoms with Crippen LogP contribution in [0.4, 0.5) is 0 Å². The maximum atomic E-state index is 4.20. The van der Waals surface area contributed by atoms with E-state index in [1.165, 1.54) is 5.56 Å². The molecule has 0 aliphatic carbocycles. The van der Waals surface area contributed by atoms with Crippen molar-refractivity contribution in [2.45, 2.75) is 25.8 Å². The second kappa shape index (κ2) is 5.31. The Labute approximate surface area is 108 Å². The smallest absolute Gasteiger partial charge is 0.140 e. The Morgan fingerprint density at radius 3 is 2.56 bits per heavy atom. The van der Waals surface area contributed by atoms with Crippen molar-refractivity contribution < 1.29 is 0 Å². The largest absolute Gasteiger partial charge is 0.309 e. The van der Waals surface area contributed by atoms with Gasteiger partial charge < -0.3 is 5.32 Å². The second-order valence-corrected chi connectivity index (χ2v) is 5.15. The van der Waals surface area contributed by atoms with Gasteiger partial charge in [0, 0.05) is 19.0 Å². The second-order valence-electron chi connectivity index (χ2n) is 5.15. The van der Waals surface area contributed by atoms with Crippen molar-refractivity contribution in [2.75, 3.05) is 6.54 Å². The van der Waals surface area contributed by atoms with E-state index in [2.05, 4.69) is 53.5 Å². The van der Waals surface area contributed by atoms with Crippen molar-refractivity contribution in [3.8, 4) is 0 Å². The molecule has 0 radical (unpaired) electrons. The van der Waals surface area contributed by atoms with Crippen LogP contribution in [0, 0.1) is 0 Å². The molecule has 4 nitrogen and oxygen atoms in total. The molecule has 2 aromatic rings. The minimum Gasteiger partial charge on any atom is -0.309 e. The third-order valence-corrected chi connectivity index (χ3v) is 3.21. The van der Waals surface area contributed by atoms with Crippen molar-refractivity contribution in [2.24, 2.45) is 7.05 Å². The first-order valence-electron chi connectivity index (χ1n) is 6.19. The monoisotopic (exact) mass is 244 g/mol. The van der Waals surface area contributed by atoms with Gasteiger partial charge in [0.1, 0.15) is 12.2 Å². The van der Waals surface area contributed by atoms with E-state index in [1.54, 1.807) is 11.0 Å². The summed E-state index contributed by atoms with van der Waals surface area (Å²) in [4.78, 5) is 4.20. The van der Waals surface area contributed by atoms with Gasteiger partial charge in [-0.05, 0) is 5.56 Å². The summed E-state index contributed by atoms with van der Waals surface area (Å²) in [5.41, 5.74) is 1.45. The molecular weight excluding hydrogens is 224 g/mol. The van der Waals surface area contributed by atoms with Crippen molar-refractivity contribution >= 4 is 0 Å². The van der Waals surface area contributed by atoms with Gasteiger partial charge in [-0.2, -0.15) is 5.10 Å². The first kappa shape index (κ1) is 12.8. The molecule has 0 fully saturated rings. The molecule has 2 rings (SSSR count). The summed E-state index contributed by atoms with van der Waals surface area (Å²) in [5, 5.41) is 7.50. The topological polar surface area (TPSA) is 42.7 Å². The molecule has 0 aliphatic rings. The summed E-state index contributed by atoms with van der Waals surface area (Å²) >= 11 is 0. The third-order valence-electron chi connectivity index (χ3n) is 3.21. The summed E-state index contributed by atoms with van der Waals surface area (Å²) < 4.78 is 1.79. The van der Waals surface area contributed by atoms with Crippen LogP contribution < -0.4 is 5.32 Å². The van der Waals surface area contributed by atoms with E-state index in [1.807, 2.05) is 13.1 Å². The van der Waals surface area contributed by atoms with Crippen molar-refractivity contribution in [3.05, 3.63) is 48.0 Å². The number of hydrogen-bond acceptors (Lipinski definition) is 3. The lowest BCUT2D eigenvalue weighted by atomic mass is 9.85. The molecule has 4 heteroatoms. The Morgan fingerprint density at radius 1 is 1.22 bits per heavy atom. The molecule has 0 bridgehead atoms. The summed E-state index contributed by atoms with van der Waals surface area (Å²) in [6, 6.07) is 10.6. The van der Waals surface area contributed by atoms with E-state index in [9.17, 15) is 0 Å². The Balaban J connectivity index is 1.92. The molecule has 96 valence electrons. The minimum absolute atomic E-state index is 0.111. The van der Waals surface area contributed by atoms with Crippen molar-refractivity contribution in [1.82, 2.24) is 20.1 Å². The number of hydrogen-bond donors (Lipinski definition) is 1. The van der Waals surface area contributed by atoms with E-state index in [0.29, 0.717) is 0 Å². The molecule has 1 heterocycles. The fraction of sp³-hybridized carbons (Fsp3) is 0.429. The van der Waals surface area contributed by atoms with Gasteiger partial charge in [-0.3, -0.25) is 4.68 Å². The highest BCUT2D eigenvalue weighted by Gasteiger charge is 2.19. The summed E-state index contributed by atoms with van der Waals surface area (Å²) in [7, 11) is 1.91. The lowest BCUT2D eigenvalue weighted by Crippen LogP contribution is -2.33. The summed E-state index contributed by atoms with van der Waals surface area (Å²) in [5.74, 6) is 0.957. The summed E-state index contributed by atoms with van der Waals surface area (Å²) in [6.45, 7) is 6.13. The molecule has 1 aromatic carbocycles. The van der Waals surface area contributed by atoms with Gasteiger partial charge in [0.2, 0.25) is 0 Å². The van der Waals surface area contributed by atoms with Crippen LogP contribution in [-0.4, -0.2) is 21.3 Å². The van der Waals surface area contributed by atoms with Gasteiger partial charge >= 0.3 is 0 Å². The average Bonchev–Trinajstić information content (AvgIpc) is 2.76. The Kier molecular flexibility index (Phi) is 3.77. The maximum absolute atomic E-state index is 4.20. The molecule has 18 heavy (non-hydrogen) atoms. The van der Waals surface area contributed by atoms with Gasteiger partial charge in [0.25, 0.3) is 0 Å². The zero-order chi connectivity index (χ0) is 13.0. The summed E-state index contributed by atoms with van der Waals surface area (Å²) in [6.07, 6.45) is 1.58. The van der Waals surface area contributed by atoms with E-state index >= 15 is 0 Å². The van der Waals surface area contributed by atoms with E-state index in [0.717, 1.165) is 18.9 Å². The molecule has 0 amide bonds. The highest BCUT2D eigenvalue weighted by atomic mass is 15.3. The van der Waals surface area contributed by atoms with Crippen LogP contribution in [0.1, 0.15) is 25.2 Å². The van der Waals surface area contributed by atoms with Gasteiger partial charge in [0.05, 0.1) is 6.54 Å². The van der Waals surface area contributed by atoms with Gasteiger partial charge in [0.15, 0.2) is 0 Å². The molecule has 1 aromatic heterocycles. The fourth-order valence-corrected chi connectivity index (χ4v) is 1.96. The predicted octanol–water partition coefficient (Wildman–Crippen LogP) is 1.88. The first-order chi connectivity index (χ1) is 8.59. The predicted molar refractivity (Wildman–Crippen MR) is 72.2 cm³/mol. The quantitative estimate of drug-likeness (QED) is 0.873. The number of nitrogens with zero attached hydrogens (tertiary/aromatic N) is 3. The van der Waals surface area contributed by atoms with Crippen LogP contribution in [-0.2, 0) is 19.0 Å². The number of rotatable bonds is 5. The lowest BCUT2D eigenvalue weighted by molar-refractivity contribution is 0.459. The van der Waals surface area contributed by atoms with Crippen LogP contribution in [0.25, 0.3) is 0 Å². The molecule has 1 N–H and O–H groups in total. The molecule has 0 unspecified atom stereocenters. The van der Waals surface area contributed by atoms with E-state index in [-0.39, 0.29) is 5.41 Å². The molecule has 0 spiro atoms. The van der Waals surface area contributed by atoms with Gasteiger partial charge in [-0.15, -0.1) is 0 Å². The Morgan fingerprint density at radius 2 is 1.94 bits per heavy atom. The Bertz CT molecular complexity index is 488. The number of aryl methyl sites for hydroxylation is 1. The zero-order valence-corrected chi connectivity index (χ0v) is 11.2. The number of nitrogens with one attached hydrogen (secondary N) is 1. The average molecular weight is 244 g/mol. The SMILES string of the molecule is Cn1ncnc1CNCC(C)(C)c1ccccc1. The maximum Gasteiger partial charge on any atom is 0.140 e. The first-order valence-corrected chi connectivity index (χ1v) is 6.19. The van der Waals surface area contributed by atoms with E-state index < -0.39 is 0 Å². The van der Waals surface area contributed by atoms with Gasteiger partial charge in [-0.25, -0.2) is 4.98 Å². The molecule has 0 aliphatic heterocycles. The lowest BCUT2D eigenvalue weighted by Gasteiger charge is -2.25. The number of benzene rings is 1. The van der Waals surface area contributed by atoms with Crippen LogP contribution in [0.2, 0.25) is 0 Å². The molecule has 0 atom stereocenters. The van der Waals surface area contributed by atoms with Crippen molar-refractivity contribution in [3.63, 3.8) is 0 Å². The third kappa shape index (κ3) is 2.96. The molecular formula is C14H20N4. The van der Waals surface area contributed by atoms with Crippen LogP contribution in [0.3, 0.4) is 0 Å². The van der Waals surface area contributed by atoms with Crippen molar-refractivity contribution in [1.29, 1.82) is 0 Å². The van der Waals surface area contributed by atoms with Crippen LogP contribution >= 0.6 is 0 Å². The van der Waals surface area contributed by atoms with Crippen LogP contribution in [0.15, 0.2) is 36.7 Å². The van der Waals surface area contributed by atoms with Gasteiger partial charge in [-0.1, -0.05) is 44.2 Å². The minimum atomic E-state index is 0.111. The molecule has 0 saturated carbocycles. The normalized spacial score (nSPS) is 11.7.